The molecule has 1 unspecified atom stereocenters. The van der Waals surface area contributed by atoms with Crippen molar-refractivity contribution in [2.45, 2.75) is 18.1 Å². The van der Waals surface area contributed by atoms with Crippen LogP contribution in [0.3, 0.4) is 0 Å². The summed E-state index contributed by atoms with van der Waals surface area (Å²) in [6, 6.07) is -0.891. The Morgan fingerprint density at radius 3 is 2.19 bits per heavy atom. The summed E-state index contributed by atoms with van der Waals surface area (Å²) in [6.07, 6.45) is -5.62. The van der Waals surface area contributed by atoms with Crippen LogP contribution < -0.4 is 5.32 Å². The minimum Gasteiger partial charge on any atom is -0.307 e. The quantitative estimate of drug-likeness (QED) is 0.829. The summed E-state index contributed by atoms with van der Waals surface area (Å²) < 4.78 is 62.7. The Hall–Kier alpha value is -0.400. The predicted octanol–water partition coefficient (Wildman–Crippen LogP) is 3.86. The fraction of sp³-hybridized carbons (Fsp3) is 0.500. The highest BCUT2D eigenvalue weighted by molar-refractivity contribution is 7.10. The first kappa shape index (κ1) is 13.7. The van der Waals surface area contributed by atoms with Crippen molar-refractivity contribution in [1.82, 2.24) is 5.32 Å². The molecular formula is C8H7ClF5NS. The average Bonchev–Trinajstić information content (AvgIpc) is 2.51. The lowest BCUT2D eigenvalue weighted by Crippen LogP contribution is -2.46. The second kappa shape index (κ2) is 4.46. The molecule has 0 amide bonds. The molecule has 1 rings (SSSR count). The molecular weight excluding hydrogens is 273 g/mol. The summed E-state index contributed by atoms with van der Waals surface area (Å²) in [5.74, 6) is -4.86. The Bertz CT molecular complexity index is 362. The lowest BCUT2D eigenvalue weighted by atomic mass is 10.1. The van der Waals surface area contributed by atoms with Gasteiger partial charge in [-0.3, -0.25) is 0 Å². The summed E-state index contributed by atoms with van der Waals surface area (Å²) in [6.45, 7) is 0. The van der Waals surface area contributed by atoms with E-state index < -0.39 is 18.1 Å². The van der Waals surface area contributed by atoms with E-state index in [0.29, 0.717) is 0 Å². The highest BCUT2D eigenvalue weighted by atomic mass is 35.5. The minimum absolute atomic E-state index is 0.103. The van der Waals surface area contributed by atoms with Gasteiger partial charge in [0.15, 0.2) is 0 Å². The largest absolute Gasteiger partial charge is 0.455 e. The van der Waals surface area contributed by atoms with Crippen LogP contribution in [0.15, 0.2) is 11.4 Å². The third kappa shape index (κ3) is 2.31. The van der Waals surface area contributed by atoms with Crippen LogP contribution in [0.5, 0.6) is 0 Å². The molecule has 1 N–H and O–H groups in total. The fourth-order valence-corrected chi connectivity index (χ4v) is 2.47. The number of thiophene rings is 1. The summed E-state index contributed by atoms with van der Waals surface area (Å²) in [5.41, 5.74) is 0. The van der Waals surface area contributed by atoms with Gasteiger partial charge in [-0.25, -0.2) is 0 Å². The molecule has 16 heavy (non-hydrogen) atoms. The number of halogens is 6. The Balaban J connectivity index is 3.14. The molecule has 0 fully saturated rings. The Kier molecular flexibility index (Phi) is 3.81. The average molecular weight is 280 g/mol. The molecule has 0 saturated heterocycles. The van der Waals surface area contributed by atoms with Gasteiger partial charge in [0, 0.05) is 4.88 Å². The molecule has 8 heteroatoms. The van der Waals surface area contributed by atoms with Gasteiger partial charge in [-0.2, -0.15) is 22.0 Å². The van der Waals surface area contributed by atoms with Crippen molar-refractivity contribution in [3.05, 3.63) is 21.3 Å². The van der Waals surface area contributed by atoms with Crippen molar-refractivity contribution in [2.24, 2.45) is 0 Å². The van der Waals surface area contributed by atoms with Gasteiger partial charge in [0.2, 0.25) is 0 Å². The van der Waals surface area contributed by atoms with Gasteiger partial charge in [0.25, 0.3) is 0 Å². The minimum atomic E-state index is -5.62. The number of rotatable bonds is 3. The van der Waals surface area contributed by atoms with Gasteiger partial charge >= 0.3 is 12.1 Å². The molecule has 1 atom stereocenters. The van der Waals surface area contributed by atoms with Crippen LogP contribution in [0.2, 0.25) is 5.02 Å². The molecule has 0 aliphatic rings. The summed E-state index contributed by atoms with van der Waals surface area (Å²) in [4.78, 5) is -0.230. The number of hydrogen-bond donors (Lipinski definition) is 1. The van der Waals surface area contributed by atoms with E-state index in [0.717, 1.165) is 18.4 Å². The van der Waals surface area contributed by atoms with Crippen LogP contribution in [-0.4, -0.2) is 19.1 Å². The maximum atomic E-state index is 13.1. The van der Waals surface area contributed by atoms with E-state index >= 15 is 0 Å². The Morgan fingerprint density at radius 1 is 1.31 bits per heavy atom. The van der Waals surface area contributed by atoms with Gasteiger partial charge in [-0.05, 0) is 18.5 Å². The van der Waals surface area contributed by atoms with Crippen molar-refractivity contribution in [2.75, 3.05) is 7.05 Å². The van der Waals surface area contributed by atoms with Crippen molar-refractivity contribution >= 4 is 22.9 Å². The Labute approximate surface area is 97.2 Å². The molecule has 0 radical (unpaired) electrons. The van der Waals surface area contributed by atoms with E-state index in [-0.39, 0.29) is 9.90 Å². The summed E-state index contributed by atoms with van der Waals surface area (Å²) in [7, 11) is 1.03. The molecule has 0 spiro atoms. The number of hydrogen-bond acceptors (Lipinski definition) is 2. The van der Waals surface area contributed by atoms with Crippen molar-refractivity contribution < 1.29 is 22.0 Å². The molecule has 1 nitrogen and oxygen atoms in total. The normalized spacial score (nSPS) is 15.2. The molecule has 0 aliphatic heterocycles. The molecule has 1 aromatic rings. The molecule has 0 aromatic carbocycles. The first-order valence-electron chi connectivity index (χ1n) is 4.06. The molecule has 1 heterocycles. The Morgan fingerprint density at radius 2 is 1.88 bits per heavy atom. The van der Waals surface area contributed by atoms with Gasteiger partial charge in [-0.1, -0.05) is 11.6 Å². The van der Waals surface area contributed by atoms with E-state index in [2.05, 4.69) is 0 Å². The van der Waals surface area contributed by atoms with Crippen molar-refractivity contribution in [3.8, 4) is 0 Å². The van der Waals surface area contributed by atoms with Gasteiger partial charge < -0.3 is 5.32 Å². The SMILES string of the molecule is CNC(c1sccc1Cl)C(F)(F)C(F)(F)F. The second-order valence-corrected chi connectivity index (χ2v) is 4.33. The van der Waals surface area contributed by atoms with Crippen molar-refractivity contribution in [1.29, 1.82) is 0 Å². The zero-order valence-corrected chi connectivity index (χ0v) is 9.48. The second-order valence-electron chi connectivity index (χ2n) is 2.98. The smallest absolute Gasteiger partial charge is 0.307 e. The van der Waals surface area contributed by atoms with Crippen LogP contribution in [-0.2, 0) is 0 Å². The molecule has 0 bridgehead atoms. The topological polar surface area (TPSA) is 12.0 Å². The number of alkyl halides is 5. The van der Waals surface area contributed by atoms with Crippen LogP contribution in [0.4, 0.5) is 22.0 Å². The standard InChI is InChI=1S/C8H7ClF5NS/c1-15-6(5-4(9)2-3-16-5)7(10,11)8(12,13)14/h2-3,6,15H,1H3. The first-order chi connectivity index (χ1) is 7.21. The zero-order valence-electron chi connectivity index (χ0n) is 7.91. The lowest BCUT2D eigenvalue weighted by Gasteiger charge is -2.27. The highest BCUT2D eigenvalue weighted by Gasteiger charge is 2.63. The summed E-state index contributed by atoms with van der Waals surface area (Å²) in [5, 5.41) is 3.20. The van der Waals surface area contributed by atoms with Crippen LogP contribution >= 0.6 is 22.9 Å². The maximum absolute atomic E-state index is 13.1. The molecule has 0 aliphatic carbocycles. The van der Waals surface area contributed by atoms with Gasteiger partial charge in [0.05, 0.1) is 5.02 Å². The highest BCUT2D eigenvalue weighted by Crippen LogP contribution is 2.46. The number of nitrogens with one attached hydrogen (secondary N) is 1. The van der Waals surface area contributed by atoms with Crippen molar-refractivity contribution in [3.63, 3.8) is 0 Å². The molecule has 1 aromatic heterocycles. The van der Waals surface area contributed by atoms with E-state index in [9.17, 15) is 22.0 Å². The van der Waals surface area contributed by atoms with Crippen LogP contribution in [0.1, 0.15) is 10.9 Å². The third-order valence-corrected chi connectivity index (χ3v) is 3.36. The van der Waals surface area contributed by atoms with E-state index in [4.69, 9.17) is 11.6 Å². The summed E-state index contributed by atoms with van der Waals surface area (Å²) >= 11 is 6.29. The van der Waals surface area contributed by atoms with Crippen LogP contribution in [0, 0.1) is 0 Å². The predicted molar refractivity (Wildman–Crippen MR) is 52.1 cm³/mol. The fourth-order valence-electron chi connectivity index (χ4n) is 1.15. The first-order valence-corrected chi connectivity index (χ1v) is 5.32. The van der Waals surface area contributed by atoms with E-state index in [1.807, 2.05) is 5.32 Å². The van der Waals surface area contributed by atoms with Crippen LogP contribution in [0.25, 0.3) is 0 Å². The maximum Gasteiger partial charge on any atom is 0.455 e. The van der Waals surface area contributed by atoms with Gasteiger partial charge in [-0.15, -0.1) is 11.3 Å². The zero-order chi connectivity index (χ0) is 12.6. The molecule has 0 saturated carbocycles. The third-order valence-electron chi connectivity index (χ3n) is 1.94. The monoisotopic (exact) mass is 279 g/mol. The lowest BCUT2D eigenvalue weighted by molar-refractivity contribution is -0.293. The van der Waals surface area contributed by atoms with Gasteiger partial charge in [0.1, 0.15) is 6.04 Å². The molecule has 92 valence electrons. The van der Waals surface area contributed by atoms with E-state index in [1.54, 1.807) is 0 Å². The van der Waals surface area contributed by atoms with E-state index in [1.165, 1.54) is 11.4 Å².